The highest BCUT2D eigenvalue weighted by Gasteiger charge is 2.24. The smallest absolute Gasteiger partial charge is 0.128 e. The number of rotatable bonds is 6. The van der Waals surface area contributed by atoms with Gasteiger partial charge in [0.25, 0.3) is 0 Å². The molecular formula is C16H25NO3. The number of ether oxygens (including phenoxy) is 2. The summed E-state index contributed by atoms with van der Waals surface area (Å²) in [6.07, 6.45) is 4.39. The number of hydrogen-bond acceptors (Lipinski definition) is 4. The van der Waals surface area contributed by atoms with Gasteiger partial charge in [0.2, 0.25) is 0 Å². The Labute approximate surface area is 121 Å². The van der Waals surface area contributed by atoms with Gasteiger partial charge in [-0.1, -0.05) is 12.8 Å². The van der Waals surface area contributed by atoms with Gasteiger partial charge in [0, 0.05) is 23.7 Å². The van der Waals surface area contributed by atoms with Gasteiger partial charge >= 0.3 is 0 Å². The second-order valence-electron chi connectivity index (χ2n) is 5.49. The Morgan fingerprint density at radius 3 is 2.50 bits per heavy atom. The van der Waals surface area contributed by atoms with Gasteiger partial charge in [0.1, 0.15) is 11.5 Å². The molecule has 1 aromatic rings. The minimum absolute atomic E-state index is 0.000366. The molecule has 1 saturated carbocycles. The molecular weight excluding hydrogens is 254 g/mol. The quantitative estimate of drug-likeness (QED) is 0.840. The Morgan fingerprint density at radius 1 is 1.20 bits per heavy atom. The Balaban J connectivity index is 2.08. The van der Waals surface area contributed by atoms with Crippen LogP contribution < -0.4 is 14.8 Å². The van der Waals surface area contributed by atoms with E-state index in [-0.39, 0.29) is 6.04 Å². The molecule has 2 unspecified atom stereocenters. The van der Waals surface area contributed by atoms with Crippen LogP contribution in [0.2, 0.25) is 0 Å². The molecule has 0 saturated heterocycles. The molecule has 1 aliphatic carbocycles. The maximum Gasteiger partial charge on any atom is 0.128 e. The van der Waals surface area contributed by atoms with Crippen molar-refractivity contribution >= 4 is 0 Å². The molecule has 1 aromatic carbocycles. The summed E-state index contributed by atoms with van der Waals surface area (Å²) in [6, 6.07) is 6.06. The fraction of sp³-hybridized carbons (Fsp3) is 0.625. The zero-order valence-electron chi connectivity index (χ0n) is 12.6. The fourth-order valence-corrected chi connectivity index (χ4v) is 2.89. The molecule has 2 rings (SSSR count). The predicted octanol–water partition coefficient (Wildman–Crippen LogP) is 2.66. The molecule has 1 fully saturated rings. The SMILES string of the molecule is COc1ccc(C(O)C(C)NC2CCCC2)c(OC)c1. The Bertz CT molecular complexity index is 430. The third-order valence-corrected chi connectivity index (χ3v) is 4.09. The van der Waals surface area contributed by atoms with Gasteiger partial charge in [-0.25, -0.2) is 0 Å². The van der Waals surface area contributed by atoms with Crippen LogP contribution in [-0.2, 0) is 0 Å². The van der Waals surface area contributed by atoms with E-state index in [0.29, 0.717) is 11.8 Å². The summed E-state index contributed by atoms with van der Waals surface area (Å²) in [5.74, 6) is 1.39. The van der Waals surface area contributed by atoms with E-state index in [4.69, 9.17) is 9.47 Å². The summed E-state index contributed by atoms with van der Waals surface area (Å²) in [5, 5.41) is 14.1. The highest BCUT2D eigenvalue weighted by Crippen LogP contribution is 2.31. The molecule has 0 aromatic heterocycles. The summed E-state index contributed by atoms with van der Waals surface area (Å²) in [7, 11) is 3.23. The molecule has 0 aliphatic heterocycles. The first kappa shape index (κ1) is 15.1. The third-order valence-electron chi connectivity index (χ3n) is 4.09. The summed E-state index contributed by atoms with van der Waals surface area (Å²) in [4.78, 5) is 0. The van der Waals surface area contributed by atoms with E-state index in [1.807, 2.05) is 19.1 Å². The maximum absolute atomic E-state index is 10.5. The molecule has 1 aliphatic rings. The number of hydrogen-bond donors (Lipinski definition) is 2. The van der Waals surface area contributed by atoms with Crippen molar-refractivity contribution in [2.24, 2.45) is 0 Å². The van der Waals surface area contributed by atoms with Crippen LogP contribution in [0, 0.1) is 0 Å². The molecule has 0 spiro atoms. The normalized spacial score (nSPS) is 18.8. The minimum atomic E-state index is -0.587. The third kappa shape index (κ3) is 3.44. The summed E-state index contributed by atoms with van der Waals surface area (Å²) >= 11 is 0. The van der Waals surface area contributed by atoms with Crippen molar-refractivity contribution in [3.63, 3.8) is 0 Å². The molecule has 112 valence electrons. The van der Waals surface area contributed by atoms with Crippen LogP contribution in [0.15, 0.2) is 18.2 Å². The fourth-order valence-electron chi connectivity index (χ4n) is 2.89. The van der Waals surface area contributed by atoms with Crippen LogP contribution in [0.4, 0.5) is 0 Å². The second-order valence-corrected chi connectivity index (χ2v) is 5.49. The molecule has 4 nitrogen and oxygen atoms in total. The van der Waals surface area contributed by atoms with Gasteiger partial charge < -0.3 is 19.9 Å². The lowest BCUT2D eigenvalue weighted by Gasteiger charge is -2.25. The van der Waals surface area contributed by atoms with Crippen molar-refractivity contribution in [1.29, 1.82) is 0 Å². The first-order valence-corrected chi connectivity index (χ1v) is 7.31. The second kappa shape index (κ2) is 6.95. The number of aliphatic hydroxyl groups excluding tert-OH is 1. The highest BCUT2D eigenvalue weighted by molar-refractivity contribution is 5.42. The van der Waals surface area contributed by atoms with E-state index in [2.05, 4.69) is 5.32 Å². The number of nitrogens with one attached hydrogen (secondary N) is 1. The van der Waals surface area contributed by atoms with E-state index < -0.39 is 6.10 Å². The zero-order chi connectivity index (χ0) is 14.5. The maximum atomic E-state index is 10.5. The van der Waals surface area contributed by atoms with Crippen LogP contribution >= 0.6 is 0 Å². The average Bonchev–Trinajstić information content (AvgIpc) is 2.98. The largest absolute Gasteiger partial charge is 0.497 e. The van der Waals surface area contributed by atoms with E-state index in [9.17, 15) is 5.11 Å². The first-order chi connectivity index (χ1) is 9.65. The molecule has 0 amide bonds. The van der Waals surface area contributed by atoms with Crippen molar-refractivity contribution < 1.29 is 14.6 Å². The monoisotopic (exact) mass is 279 g/mol. The van der Waals surface area contributed by atoms with E-state index in [1.165, 1.54) is 25.7 Å². The highest BCUT2D eigenvalue weighted by atomic mass is 16.5. The van der Waals surface area contributed by atoms with Crippen molar-refractivity contribution in [2.45, 2.75) is 50.8 Å². The van der Waals surface area contributed by atoms with Crippen molar-refractivity contribution in [2.75, 3.05) is 14.2 Å². The van der Waals surface area contributed by atoms with Gasteiger partial charge in [-0.05, 0) is 31.9 Å². The van der Waals surface area contributed by atoms with Gasteiger partial charge in [-0.2, -0.15) is 0 Å². The molecule has 20 heavy (non-hydrogen) atoms. The topological polar surface area (TPSA) is 50.7 Å². The molecule has 4 heteroatoms. The van der Waals surface area contributed by atoms with E-state index in [0.717, 1.165) is 11.3 Å². The van der Waals surface area contributed by atoms with Gasteiger partial charge in [-0.15, -0.1) is 0 Å². The molecule has 2 atom stereocenters. The Hall–Kier alpha value is -1.26. The number of aliphatic hydroxyl groups is 1. The van der Waals surface area contributed by atoms with E-state index >= 15 is 0 Å². The molecule has 0 radical (unpaired) electrons. The first-order valence-electron chi connectivity index (χ1n) is 7.31. The van der Waals surface area contributed by atoms with Crippen LogP contribution in [0.1, 0.15) is 44.3 Å². The molecule has 0 bridgehead atoms. The Kier molecular flexibility index (Phi) is 5.26. The van der Waals surface area contributed by atoms with Crippen LogP contribution in [-0.4, -0.2) is 31.4 Å². The van der Waals surface area contributed by atoms with Crippen LogP contribution in [0.25, 0.3) is 0 Å². The van der Waals surface area contributed by atoms with Crippen molar-refractivity contribution in [3.05, 3.63) is 23.8 Å². The summed E-state index contributed by atoms with van der Waals surface area (Å²) < 4.78 is 10.5. The van der Waals surface area contributed by atoms with Crippen LogP contribution in [0.3, 0.4) is 0 Å². The van der Waals surface area contributed by atoms with Crippen molar-refractivity contribution in [1.82, 2.24) is 5.32 Å². The average molecular weight is 279 g/mol. The minimum Gasteiger partial charge on any atom is -0.497 e. The lowest BCUT2D eigenvalue weighted by molar-refractivity contribution is 0.126. The van der Waals surface area contributed by atoms with E-state index in [1.54, 1.807) is 20.3 Å². The lowest BCUT2D eigenvalue weighted by atomic mass is 10.0. The number of methoxy groups -OCH3 is 2. The van der Waals surface area contributed by atoms with Gasteiger partial charge in [-0.3, -0.25) is 0 Å². The van der Waals surface area contributed by atoms with Gasteiger partial charge in [0.15, 0.2) is 0 Å². The molecule has 0 heterocycles. The zero-order valence-corrected chi connectivity index (χ0v) is 12.6. The predicted molar refractivity (Wildman–Crippen MR) is 79.4 cm³/mol. The molecule has 2 N–H and O–H groups in total. The van der Waals surface area contributed by atoms with Crippen molar-refractivity contribution in [3.8, 4) is 11.5 Å². The summed E-state index contributed by atoms with van der Waals surface area (Å²) in [6.45, 7) is 2.02. The lowest BCUT2D eigenvalue weighted by Crippen LogP contribution is -2.38. The van der Waals surface area contributed by atoms with Gasteiger partial charge in [0.05, 0.1) is 20.3 Å². The summed E-state index contributed by atoms with van der Waals surface area (Å²) in [5.41, 5.74) is 0.797. The number of benzene rings is 1. The standard InChI is InChI=1S/C16H25NO3/c1-11(17-12-6-4-5-7-12)16(18)14-9-8-13(19-2)10-15(14)20-3/h8-12,16-18H,4-7H2,1-3H3. The van der Waals surface area contributed by atoms with Crippen LogP contribution in [0.5, 0.6) is 11.5 Å². The Morgan fingerprint density at radius 2 is 1.90 bits per heavy atom.